The predicted molar refractivity (Wildman–Crippen MR) is 80.0 cm³/mol. The molecule has 5 nitrogen and oxygen atoms in total. The molecule has 0 saturated carbocycles. The van der Waals surface area contributed by atoms with E-state index in [0.717, 1.165) is 6.42 Å². The number of rotatable bonds is 4. The van der Waals surface area contributed by atoms with Gasteiger partial charge in [-0.3, -0.25) is 4.79 Å². The van der Waals surface area contributed by atoms with E-state index >= 15 is 0 Å². The first-order chi connectivity index (χ1) is 10.3. The summed E-state index contributed by atoms with van der Waals surface area (Å²) in [5, 5.41) is 2.54. The number of methoxy groups -OCH3 is 1. The quantitative estimate of drug-likeness (QED) is 0.870. The zero-order valence-electron chi connectivity index (χ0n) is 11.7. The summed E-state index contributed by atoms with van der Waals surface area (Å²) < 4.78 is 11.0. The molecule has 1 aliphatic rings. The first kappa shape index (κ1) is 13.9. The molecule has 0 aliphatic carbocycles. The summed E-state index contributed by atoms with van der Waals surface area (Å²) in [6.45, 7) is 1.27. The minimum Gasteiger partial charge on any atom is -0.496 e. The number of thiazole rings is 1. The van der Waals surface area contributed by atoms with Crippen molar-refractivity contribution in [1.29, 1.82) is 0 Å². The molecule has 0 bridgehead atoms. The van der Waals surface area contributed by atoms with Crippen LogP contribution in [0.15, 0.2) is 35.8 Å². The molecule has 2 aromatic rings. The van der Waals surface area contributed by atoms with Gasteiger partial charge in [0, 0.05) is 24.5 Å². The Kier molecular flexibility index (Phi) is 4.06. The summed E-state index contributed by atoms with van der Waals surface area (Å²) in [4.78, 5) is 18.5. The molecular weight excluding hydrogens is 288 g/mol. The molecule has 0 radical (unpaired) electrons. The van der Waals surface area contributed by atoms with Crippen LogP contribution in [-0.2, 0) is 0 Å². The van der Waals surface area contributed by atoms with Crippen molar-refractivity contribution < 1.29 is 14.3 Å². The number of carbonyl (C=O) groups is 1. The van der Waals surface area contributed by atoms with Crippen molar-refractivity contribution in [2.45, 2.75) is 12.5 Å². The summed E-state index contributed by atoms with van der Waals surface area (Å²) in [5.41, 5.74) is 0.592. The molecule has 1 saturated heterocycles. The number of amides is 1. The van der Waals surface area contributed by atoms with E-state index < -0.39 is 0 Å². The summed E-state index contributed by atoms with van der Waals surface area (Å²) in [7, 11) is 1.57. The third kappa shape index (κ3) is 3.00. The molecule has 0 spiro atoms. The van der Waals surface area contributed by atoms with Crippen molar-refractivity contribution in [3.63, 3.8) is 0 Å². The molecule has 6 heteroatoms. The van der Waals surface area contributed by atoms with Gasteiger partial charge in [-0.25, -0.2) is 4.98 Å². The molecule has 1 aromatic heterocycles. The van der Waals surface area contributed by atoms with Gasteiger partial charge in [0.15, 0.2) is 0 Å². The number of ether oxygens (including phenoxy) is 2. The van der Waals surface area contributed by atoms with Gasteiger partial charge >= 0.3 is 0 Å². The van der Waals surface area contributed by atoms with E-state index in [1.165, 1.54) is 11.3 Å². The Bertz CT molecular complexity index is 615. The fourth-order valence-electron chi connectivity index (χ4n) is 2.41. The molecule has 110 valence electrons. The van der Waals surface area contributed by atoms with Crippen LogP contribution in [0.25, 0.3) is 0 Å². The number of benzene rings is 1. The number of aromatic nitrogens is 1. The third-order valence-electron chi connectivity index (χ3n) is 3.45. The van der Waals surface area contributed by atoms with Gasteiger partial charge < -0.3 is 14.4 Å². The highest BCUT2D eigenvalue weighted by Crippen LogP contribution is 2.24. The predicted octanol–water partition coefficient (Wildman–Crippen LogP) is 2.45. The SMILES string of the molecule is COc1ccccc1C(=O)N1CCC(Oc2nccs2)C1. The lowest BCUT2D eigenvalue weighted by Gasteiger charge is -2.18. The monoisotopic (exact) mass is 304 g/mol. The standard InChI is InChI=1S/C15H16N2O3S/c1-19-13-5-3-2-4-12(13)14(18)17-8-6-11(10-17)20-15-16-7-9-21-15/h2-5,7,9,11H,6,8,10H2,1H3. The third-order valence-corrected chi connectivity index (χ3v) is 4.11. The molecule has 1 amide bonds. The van der Waals surface area contributed by atoms with Gasteiger partial charge in [-0.1, -0.05) is 23.5 Å². The number of para-hydroxylation sites is 1. The van der Waals surface area contributed by atoms with Crippen molar-refractivity contribution in [2.24, 2.45) is 0 Å². The van der Waals surface area contributed by atoms with Crippen LogP contribution in [0.3, 0.4) is 0 Å². The van der Waals surface area contributed by atoms with E-state index in [1.54, 1.807) is 30.3 Å². The van der Waals surface area contributed by atoms with Gasteiger partial charge in [-0.05, 0) is 12.1 Å². The first-order valence-electron chi connectivity index (χ1n) is 6.76. The normalized spacial score (nSPS) is 17.8. The average Bonchev–Trinajstić information content (AvgIpc) is 3.19. The first-order valence-corrected chi connectivity index (χ1v) is 7.64. The highest BCUT2D eigenvalue weighted by atomic mass is 32.1. The Balaban J connectivity index is 1.66. The maximum absolute atomic E-state index is 12.6. The van der Waals surface area contributed by atoms with Gasteiger partial charge in [0.25, 0.3) is 11.1 Å². The van der Waals surface area contributed by atoms with Crippen LogP contribution in [0.4, 0.5) is 0 Å². The topological polar surface area (TPSA) is 51.7 Å². The van der Waals surface area contributed by atoms with Crippen molar-refractivity contribution in [1.82, 2.24) is 9.88 Å². The van der Waals surface area contributed by atoms with Gasteiger partial charge in [0.2, 0.25) is 0 Å². The molecule has 1 unspecified atom stereocenters. The van der Waals surface area contributed by atoms with Crippen LogP contribution in [0.5, 0.6) is 10.9 Å². The summed E-state index contributed by atoms with van der Waals surface area (Å²) in [5.74, 6) is 0.587. The van der Waals surface area contributed by atoms with Crippen LogP contribution < -0.4 is 9.47 Å². The zero-order chi connectivity index (χ0) is 14.7. The highest BCUT2D eigenvalue weighted by molar-refractivity contribution is 7.11. The number of hydrogen-bond donors (Lipinski definition) is 0. The van der Waals surface area contributed by atoms with Crippen molar-refractivity contribution in [3.8, 4) is 10.9 Å². The number of hydrogen-bond acceptors (Lipinski definition) is 5. The van der Waals surface area contributed by atoms with Crippen LogP contribution in [0, 0.1) is 0 Å². The zero-order valence-corrected chi connectivity index (χ0v) is 12.5. The lowest BCUT2D eigenvalue weighted by molar-refractivity contribution is 0.0769. The second-order valence-electron chi connectivity index (χ2n) is 4.78. The Labute approximate surface area is 127 Å². The molecule has 21 heavy (non-hydrogen) atoms. The fourth-order valence-corrected chi connectivity index (χ4v) is 2.96. The van der Waals surface area contributed by atoms with Crippen molar-refractivity contribution in [2.75, 3.05) is 20.2 Å². The molecule has 0 N–H and O–H groups in total. The molecule has 1 fully saturated rings. The van der Waals surface area contributed by atoms with Crippen LogP contribution in [-0.4, -0.2) is 42.1 Å². The second kappa shape index (κ2) is 6.13. The lowest BCUT2D eigenvalue weighted by atomic mass is 10.2. The van der Waals surface area contributed by atoms with Crippen LogP contribution in [0.2, 0.25) is 0 Å². The maximum Gasteiger partial charge on any atom is 0.273 e. The molecule has 1 aliphatic heterocycles. The molecule has 2 heterocycles. The Morgan fingerprint density at radius 1 is 1.43 bits per heavy atom. The smallest absolute Gasteiger partial charge is 0.273 e. The van der Waals surface area contributed by atoms with Gasteiger partial charge in [-0.15, -0.1) is 0 Å². The largest absolute Gasteiger partial charge is 0.496 e. The van der Waals surface area contributed by atoms with Crippen LogP contribution >= 0.6 is 11.3 Å². The summed E-state index contributed by atoms with van der Waals surface area (Å²) >= 11 is 1.47. The summed E-state index contributed by atoms with van der Waals surface area (Å²) in [6.07, 6.45) is 2.54. The van der Waals surface area contributed by atoms with Gasteiger partial charge in [0.05, 0.1) is 19.2 Å². The Morgan fingerprint density at radius 2 is 2.29 bits per heavy atom. The number of carbonyl (C=O) groups excluding carboxylic acids is 1. The van der Waals surface area contributed by atoms with E-state index in [2.05, 4.69) is 4.98 Å². The van der Waals surface area contributed by atoms with Gasteiger partial charge in [-0.2, -0.15) is 0 Å². The minimum absolute atomic E-state index is 0.00908. The summed E-state index contributed by atoms with van der Waals surface area (Å²) in [6, 6.07) is 7.28. The number of likely N-dealkylation sites (tertiary alicyclic amines) is 1. The van der Waals surface area contributed by atoms with E-state index in [1.807, 2.05) is 17.5 Å². The van der Waals surface area contributed by atoms with E-state index in [4.69, 9.17) is 9.47 Å². The van der Waals surface area contributed by atoms with Crippen LogP contribution in [0.1, 0.15) is 16.8 Å². The Hall–Kier alpha value is -2.08. The maximum atomic E-state index is 12.6. The van der Waals surface area contributed by atoms with Crippen molar-refractivity contribution >= 4 is 17.2 Å². The lowest BCUT2D eigenvalue weighted by Crippen LogP contribution is -2.31. The molecule has 3 rings (SSSR count). The van der Waals surface area contributed by atoms with Gasteiger partial charge in [0.1, 0.15) is 11.9 Å². The number of nitrogens with zero attached hydrogens (tertiary/aromatic N) is 2. The van der Waals surface area contributed by atoms with E-state index in [9.17, 15) is 4.79 Å². The molecule has 1 atom stereocenters. The average molecular weight is 304 g/mol. The minimum atomic E-state index is -0.0160. The highest BCUT2D eigenvalue weighted by Gasteiger charge is 2.29. The molecular formula is C15H16N2O3S. The fraction of sp³-hybridized carbons (Fsp3) is 0.333. The van der Waals surface area contributed by atoms with Crippen molar-refractivity contribution in [3.05, 3.63) is 41.4 Å². The van der Waals surface area contributed by atoms with E-state index in [-0.39, 0.29) is 12.0 Å². The van der Waals surface area contributed by atoms with E-state index in [0.29, 0.717) is 29.6 Å². The second-order valence-corrected chi connectivity index (χ2v) is 5.64. The Morgan fingerprint density at radius 3 is 3.05 bits per heavy atom. The molecule has 1 aromatic carbocycles.